The molecule has 0 amide bonds. The molecule has 2 aromatic rings. The van der Waals surface area contributed by atoms with Gasteiger partial charge in [-0.1, -0.05) is 23.8 Å². The summed E-state index contributed by atoms with van der Waals surface area (Å²) in [7, 11) is 0. The Hall–Kier alpha value is -1.97. The highest BCUT2D eigenvalue weighted by Gasteiger charge is 2.07. The summed E-state index contributed by atoms with van der Waals surface area (Å²) in [5, 5.41) is 0. The molecule has 0 saturated heterocycles. The van der Waals surface area contributed by atoms with Crippen LogP contribution in [0.5, 0.6) is 0 Å². The molecule has 0 radical (unpaired) electrons. The standard InChI is InChI=1S/C11H10FN3/c1-7-3-2-4-8(5-7)10-9(12)6-14-11(13)15-10/h2-6H,1H3,(H2,13,14,15). The lowest BCUT2D eigenvalue weighted by Crippen LogP contribution is -1.98. The van der Waals surface area contributed by atoms with Gasteiger partial charge in [0.15, 0.2) is 5.82 Å². The molecule has 0 aliphatic heterocycles. The topological polar surface area (TPSA) is 51.8 Å². The fraction of sp³-hybridized carbons (Fsp3) is 0.0909. The highest BCUT2D eigenvalue weighted by molar-refractivity contribution is 5.61. The van der Waals surface area contributed by atoms with Gasteiger partial charge in [-0.05, 0) is 13.0 Å². The van der Waals surface area contributed by atoms with Crippen LogP contribution < -0.4 is 5.73 Å². The molecular formula is C11H10FN3. The van der Waals surface area contributed by atoms with E-state index in [0.29, 0.717) is 5.56 Å². The molecular weight excluding hydrogens is 193 g/mol. The van der Waals surface area contributed by atoms with Crippen molar-refractivity contribution in [1.29, 1.82) is 0 Å². The molecule has 1 heterocycles. The number of benzene rings is 1. The minimum Gasteiger partial charge on any atom is -0.368 e. The fourth-order valence-corrected chi connectivity index (χ4v) is 1.38. The number of aromatic nitrogens is 2. The van der Waals surface area contributed by atoms with E-state index < -0.39 is 5.82 Å². The molecule has 3 nitrogen and oxygen atoms in total. The Morgan fingerprint density at radius 3 is 2.87 bits per heavy atom. The lowest BCUT2D eigenvalue weighted by molar-refractivity contribution is 0.619. The number of halogens is 1. The minimum absolute atomic E-state index is 0.0768. The third kappa shape index (κ3) is 1.93. The summed E-state index contributed by atoms with van der Waals surface area (Å²) in [6.07, 6.45) is 1.08. The Morgan fingerprint density at radius 2 is 2.13 bits per heavy atom. The third-order valence-corrected chi connectivity index (χ3v) is 2.05. The first-order chi connectivity index (χ1) is 7.16. The second kappa shape index (κ2) is 3.65. The summed E-state index contributed by atoms with van der Waals surface area (Å²) >= 11 is 0. The van der Waals surface area contributed by atoms with Gasteiger partial charge in [-0.25, -0.2) is 14.4 Å². The molecule has 15 heavy (non-hydrogen) atoms. The number of nitrogen functional groups attached to an aromatic ring is 1. The molecule has 76 valence electrons. The molecule has 0 fully saturated rings. The van der Waals surface area contributed by atoms with E-state index in [1.807, 2.05) is 25.1 Å². The number of anilines is 1. The van der Waals surface area contributed by atoms with Crippen LogP contribution >= 0.6 is 0 Å². The zero-order chi connectivity index (χ0) is 10.8. The van der Waals surface area contributed by atoms with Crippen molar-refractivity contribution in [1.82, 2.24) is 9.97 Å². The molecule has 0 spiro atoms. The first-order valence-corrected chi connectivity index (χ1v) is 4.52. The van der Waals surface area contributed by atoms with E-state index in [0.717, 1.165) is 11.8 Å². The second-order valence-corrected chi connectivity index (χ2v) is 3.29. The number of rotatable bonds is 1. The van der Waals surface area contributed by atoms with Crippen LogP contribution in [0.2, 0.25) is 0 Å². The molecule has 0 unspecified atom stereocenters. The predicted octanol–water partition coefficient (Wildman–Crippen LogP) is 2.17. The molecule has 0 atom stereocenters. The number of aryl methyl sites for hydroxylation is 1. The number of nitrogens with two attached hydrogens (primary N) is 1. The van der Waals surface area contributed by atoms with Crippen LogP contribution in [-0.2, 0) is 0 Å². The average Bonchev–Trinajstić information content (AvgIpc) is 2.22. The van der Waals surface area contributed by atoms with E-state index in [1.165, 1.54) is 0 Å². The molecule has 0 aliphatic carbocycles. The van der Waals surface area contributed by atoms with Crippen LogP contribution in [0.3, 0.4) is 0 Å². The van der Waals surface area contributed by atoms with Crippen molar-refractivity contribution < 1.29 is 4.39 Å². The van der Waals surface area contributed by atoms with Crippen LogP contribution in [0.4, 0.5) is 10.3 Å². The predicted molar refractivity (Wildman–Crippen MR) is 56.6 cm³/mol. The van der Waals surface area contributed by atoms with Crippen molar-refractivity contribution in [2.24, 2.45) is 0 Å². The Labute approximate surface area is 86.8 Å². The van der Waals surface area contributed by atoms with E-state index in [1.54, 1.807) is 6.07 Å². The van der Waals surface area contributed by atoms with Gasteiger partial charge in [-0.15, -0.1) is 0 Å². The SMILES string of the molecule is Cc1cccc(-c2nc(N)ncc2F)c1. The average molecular weight is 203 g/mol. The van der Waals surface area contributed by atoms with Crippen molar-refractivity contribution in [3.63, 3.8) is 0 Å². The fourth-order valence-electron chi connectivity index (χ4n) is 1.38. The first-order valence-electron chi connectivity index (χ1n) is 4.52. The van der Waals surface area contributed by atoms with Crippen LogP contribution in [-0.4, -0.2) is 9.97 Å². The van der Waals surface area contributed by atoms with E-state index in [9.17, 15) is 4.39 Å². The molecule has 4 heteroatoms. The van der Waals surface area contributed by atoms with E-state index in [-0.39, 0.29) is 11.6 Å². The summed E-state index contributed by atoms with van der Waals surface area (Å²) in [4.78, 5) is 7.45. The maximum atomic E-state index is 13.4. The Bertz CT molecular complexity index is 497. The van der Waals surface area contributed by atoms with Crippen molar-refractivity contribution in [2.45, 2.75) is 6.92 Å². The van der Waals surface area contributed by atoms with Gasteiger partial charge < -0.3 is 5.73 Å². The van der Waals surface area contributed by atoms with Crippen LogP contribution in [0.25, 0.3) is 11.3 Å². The molecule has 1 aromatic heterocycles. The monoisotopic (exact) mass is 203 g/mol. The maximum absolute atomic E-state index is 13.4. The summed E-state index contributed by atoms with van der Waals surface area (Å²) in [5.74, 6) is -0.386. The molecule has 0 aliphatic rings. The van der Waals surface area contributed by atoms with Gasteiger partial charge in [0.05, 0.1) is 6.20 Å². The lowest BCUT2D eigenvalue weighted by atomic mass is 10.1. The summed E-state index contributed by atoms with van der Waals surface area (Å²) < 4.78 is 13.4. The second-order valence-electron chi connectivity index (χ2n) is 3.29. The van der Waals surface area contributed by atoms with E-state index >= 15 is 0 Å². The molecule has 0 saturated carbocycles. The minimum atomic E-state index is -0.463. The van der Waals surface area contributed by atoms with Crippen molar-refractivity contribution in [2.75, 3.05) is 5.73 Å². The first kappa shape index (κ1) is 9.58. The largest absolute Gasteiger partial charge is 0.368 e. The Balaban J connectivity index is 2.58. The summed E-state index contributed by atoms with van der Waals surface area (Å²) in [5.41, 5.74) is 7.41. The Morgan fingerprint density at radius 1 is 1.33 bits per heavy atom. The molecule has 2 N–H and O–H groups in total. The van der Waals surface area contributed by atoms with E-state index in [2.05, 4.69) is 9.97 Å². The van der Waals surface area contributed by atoms with Gasteiger partial charge in [0, 0.05) is 5.56 Å². The maximum Gasteiger partial charge on any atom is 0.220 e. The highest BCUT2D eigenvalue weighted by atomic mass is 19.1. The van der Waals surface area contributed by atoms with Crippen LogP contribution in [0, 0.1) is 12.7 Å². The van der Waals surface area contributed by atoms with Gasteiger partial charge >= 0.3 is 0 Å². The molecule has 1 aromatic carbocycles. The summed E-state index contributed by atoms with van der Waals surface area (Å²) in [6.45, 7) is 1.94. The van der Waals surface area contributed by atoms with Gasteiger partial charge in [-0.2, -0.15) is 0 Å². The van der Waals surface area contributed by atoms with Gasteiger partial charge in [-0.3, -0.25) is 0 Å². The van der Waals surface area contributed by atoms with Crippen molar-refractivity contribution in [3.8, 4) is 11.3 Å². The van der Waals surface area contributed by atoms with E-state index in [4.69, 9.17) is 5.73 Å². The number of nitrogens with zero attached hydrogens (tertiary/aromatic N) is 2. The Kier molecular flexibility index (Phi) is 2.33. The van der Waals surface area contributed by atoms with Gasteiger partial charge in [0.1, 0.15) is 5.69 Å². The number of hydrogen-bond acceptors (Lipinski definition) is 3. The smallest absolute Gasteiger partial charge is 0.220 e. The van der Waals surface area contributed by atoms with Crippen LogP contribution in [0.1, 0.15) is 5.56 Å². The van der Waals surface area contributed by atoms with Crippen LogP contribution in [0.15, 0.2) is 30.5 Å². The zero-order valence-electron chi connectivity index (χ0n) is 8.24. The summed E-state index contributed by atoms with van der Waals surface area (Å²) in [6, 6.07) is 7.43. The highest BCUT2D eigenvalue weighted by Crippen LogP contribution is 2.21. The van der Waals surface area contributed by atoms with Gasteiger partial charge in [0.2, 0.25) is 5.95 Å². The normalized spacial score (nSPS) is 10.3. The zero-order valence-corrected chi connectivity index (χ0v) is 8.24. The third-order valence-electron chi connectivity index (χ3n) is 2.05. The molecule has 0 bridgehead atoms. The van der Waals surface area contributed by atoms with Gasteiger partial charge in [0.25, 0.3) is 0 Å². The lowest BCUT2D eigenvalue weighted by Gasteiger charge is -2.03. The van der Waals surface area contributed by atoms with Crippen molar-refractivity contribution in [3.05, 3.63) is 41.8 Å². The quantitative estimate of drug-likeness (QED) is 0.772. The molecule has 2 rings (SSSR count). The van der Waals surface area contributed by atoms with Crippen molar-refractivity contribution >= 4 is 5.95 Å². The number of hydrogen-bond donors (Lipinski definition) is 1.